The van der Waals surface area contributed by atoms with Gasteiger partial charge in [-0.05, 0) is 55.7 Å². The van der Waals surface area contributed by atoms with E-state index in [2.05, 4.69) is 19.6 Å². The van der Waals surface area contributed by atoms with Crippen LogP contribution in [-0.2, 0) is 0 Å². The molecule has 0 fully saturated rings. The Morgan fingerprint density at radius 1 is 0.744 bits per heavy atom. The smallest absolute Gasteiger partial charge is 0.145 e. The SMILES string of the molecule is C=CCC(O)c1cc2cccc(C)c2nc1-c1ccccc1Cl.COc1cc2cccc(C)c2nc1-c1ccccc1Cl. The summed E-state index contributed by atoms with van der Waals surface area (Å²) in [5, 5.41) is 13.9. The number of para-hydroxylation sites is 2. The second-order valence-corrected chi connectivity index (χ2v) is 11.1. The van der Waals surface area contributed by atoms with Gasteiger partial charge in [-0.2, -0.15) is 0 Å². The number of pyridine rings is 2. The summed E-state index contributed by atoms with van der Waals surface area (Å²) < 4.78 is 5.48. The summed E-state index contributed by atoms with van der Waals surface area (Å²) in [6.45, 7) is 7.80. The van der Waals surface area contributed by atoms with Crippen LogP contribution in [0.3, 0.4) is 0 Å². The van der Waals surface area contributed by atoms with E-state index in [0.717, 1.165) is 66.8 Å². The number of hydrogen-bond acceptors (Lipinski definition) is 4. The molecule has 0 amide bonds. The second kappa shape index (κ2) is 13.4. The van der Waals surface area contributed by atoms with Crippen LogP contribution in [0.5, 0.6) is 5.75 Å². The Balaban J connectivity index is 0.000000173. The molecule has 0 aliphatic heterocycles. The lowest BCUT2D eigenvalue weighted by atomic mass is 9.97. The maximum atomic E-state index is 10.5. The van der Waals surface area contributed by atoms with Gasteiger partial charge in [-0.3, -0.25) is 0 Å². The van der Waals surface area contributed by atoms with Gasteiger partial charge in [0.25, 0.3) is 0 Å². The molecule has 0 radical (unpaired) electrons. The summed E-state index contributed by atoms with van der Waals surface area (Å²) in [5.41, 5.74) is 8.13. The number of halogens is 2. The average Bonchev–Trinajstić information content (AvgIpc) is 3.01. The second-order valence-electron chi connectivity index (χ2n) is 10.3. The van der Waals surface area contributed by atoms with E-state index in [-0.39, 0.29) is 0 Å². The third-order valence-electron chi connectivity index (χ3n) is 7.32. The van der Waals surface area contributed by atoms with Crippen molar-refractivity contribution in [3.8, 4) is 28.3 Å². The third kappa shape index (κ3) is 6.42. The van der Waals surface area contributed by atoms with Crippen LogP contribution in [0, 0.1) is 13.8 Å². The number of aryl methyl sites for hydroxylation is 2. The van der Waals surface area contributed by atoms with Crippen LogP contribution in [0.15, 0.2) is 110 Å². The fourth-order valence-corrected chi connectivity index (χ4v) is 5.55. The van der Waals surface area contributed by atoms with Gasteiger partial charge in [0.2, 0.25) is 0 Å². The van der Waals surface area contributed by atoms with Crippen molar-refractivity contribution in [1.29, 1.82) is 0 Å². The number of ether oxygens (including phenoxy) is 1. The first-order valence-electron chi connectivity index (χ1n) is 14.0. The Hall–Kier alpha value is -4.22. The molecule has 2 heterocycles. The van der Waals surface area contributed by atoms with Gasteiger partial charge in [0, 0.05) is 32.5 Å². The topological polar surface area (TPSA) is 55.2 Å². The third-order valence-corrected chi connectivity index (χ3v) is 7.98. The van der Waals surface area contributed by atoms with Crippen LogP contribution in [0.1, 0.15) is 29.2 Å². The standard InChI is InChI=1S/C20H18ClNO.C17H14ClNO/c1-3-7-18(23)16-12-14-9-6-8-13(2)19(14)22-20(16)15-10-4-5-11-17(15)21;1-11-6-5-7-12-10-15(20-2)17(19-16(11)12)13-8-3-4-9-14(13)18/h3-6,8-12,18,23H,1,7H2,2H3;3-10H,1-2H3. The maximum absolute atomic E-state index is 10.5. The minimum absolute atomic E-state index is 0.469. The van der Waals surface area contributed by atoms with Crippen molar-refractivity contribution in [2.24, 2.45) is 0 Å². The van der Waals surface area contributed by atoms with E-state index >= 15 is 0 Å². The summed E-state index contributed by atoms with van der Waals surface area (Å²) in [4.78, 5) is 9.60. The molecule has 0 saturated heterocycles. The highest BCUT2D eigenvalue weighted by Gasteiger charge is 2.18. The Labute approximate surface area is 262 Å². The van der Waals surface area contributed by atoms with Crippen molar-refractivity contribution in [3.63, 3.8) is 0 Å². The van der Waals surface area contributed by atoms with Gasteiger partial charge in [0.1, 0.15) is 11.4 Å². The molecule has 0 aliphatic rings. The van der Waals surface area contributed by atoms with Crippen molar-refractivity contribution in [1.82, 2.24) is 9.97 Å². The van der Waals surface area contributed by atoms with E-state index < -0.39 is 6.10 Å². The molecule has 4 aromatic carbocycles. The highest BCUT2D eigenvalue weighted by Crippen LogP contribution is 2.37. The Morgan fingerprint density at radius 3 is 1.79 bits per heavy atom. The summed E-state index contributed by atoms with van der Waals surface area (Å²) in [5.74, 6) is 0.733. The van der Waals surface area contributed by atoms with E-state index in [1.807, 2.05) is 97.9 Å². The lowest BCUT2D eigenvalue weighted by molar-refractivity contribution is 0.182. The molecule has 1 unspecified atom stereocenters. The number of aliphatic hydroxyl groups excluding tert-OH is 1. The van der Waals surface area contributed by atoms with Crippen LogP contribution >= 0.6 is 23.2 Å². The molecule has 2 aromatic heterocycles. The molecule has 6 rings (SSSR count). The Bertz CT molecular complexity index is 1940. The predicted octanol–water partition coefficient (Wildman–Crippen LogP) is 10.3. The van der Waals surface area contributed by atoms with Crippen molar-refractivity contribution in [3.05, 3.63) is 136 Å². The molecule has 0 bridgehead atoms. The highest BCUT2D eigenvalue weighted by atomic mass is 35.5. The largest absolute Gasteiger partial charge is 0.494 e. The first kappa shape index (κ1) is 30.2. The van der Waals surface area contributed by atoms with Gasteiger partial charge in [-0.15, -0.1) is 6.58 Å². The van der Waals surface area contributed by atoms with Gasteiger partial charge in [0.15, 0.2) is 0 Å². The molecule has 1 atom stereocenters. The van der Waals surface area contributed by atoms with Crippen LogP contribution in [0.2, 0.25) is 10.0 Å². The molecular weight excluding hydrogens is 575 g/mol. The molecular formula is C37H32Cl2N2O2. The quantitative estimate of drug-likeness (QED) is 0.192. The number of fused-ring (bicyclic) bond motifs is 2. The van der Waals surface area contributed by atoms with Gasteiger partial charge in [0.05, 0.1) is 35.0 Å². The van der Waals surface area contributed by atoms with Crippen LogP contribution in [0.4, 0.5) is 0 Å². The van der Waals surface area contributed by atoms with E-state index in [0.29, 0.717) is 16.5 Å². The number of rotatable bonds is 6. The highest BCUT2D eigenvalue weighted by molar-refractivity contribution is 6.33. The Kier molecular flexibility index (Phi) is 9.42. The number of hydrogen-bond donors (Lipinski definition) is 1. The maximum Gasteiger partial charge on any atom is 0.145 e. The van der Waals surface area contributed by atoms with E-state index in [1.165, 1.54) is 0 Å². The lowest BCUT2D eigenvalue weighted by Gasteiger charge is -2.16. The molecule has 1 N–H and O–H groups in total. The normalized spacial score (nSPS) is 11.6. The molecule has 216 valence electrons. The monoisotopic (exact) mass is 606 g/mol. The van der Waals surface area contributed by atoms with Crippen molar-refractivity contribution in [2.45, 2.75) is 26.4 Å². The molecule has 4 nitrogen and oxygen atoms in total. The fraction of sp³-hybridized carbons (Fsp3) is 0.135. The minimum Gasteiger partial charge on any atom is -0.494 e. The number of benzene rings is 4. The van der Waals surface area contributed by atoms with Gasteiger partial charge in [-0.25, -0.2) is 9.97 Å². The number of nitrogens with zero attached hydrogens (tertiary/aromatic N) is 2. The van der Waals surface area contributed by atoms with Gasteiger partial charge in [-0.1, -0.05) is 102 Å². The lowest BCUT2D eigenvalue weighted by Crippen LogP contribution is -2.02. The van der Waals surface area contributed by atoms with E-state index in [9.17, 15) is 5.11 Å². The molecule has 0 saturated carbocycles. The zero-order chi connectivity index (χ0) is 30.5. The fourth-order valence-electron chi connectivity index (χ4n) is 5.10. The number of aromatic nitrogens is 2. The van der Waals surface area contributed by atoms with Crippen molar-refractivity contribution >= 4 is 45.0 Å². The molecule has 6 heteroatoms. The molecule has 43 heavy (non-hydrogen) atoms. The summed E-state index contributed by atoms with van der Waals surface area (Å²) in [7, 11) is 1.65. The number of aliphatic hydroxyl groups is 1. The zero-order valence-electron chi connectivity index (χ0n) is 24.3. The first-order valence-corrected chi connectivity index (χ1v) is 14.7. The molecule has 6 aromatic rings. The molecule has 0 aliphatic carbocycles. The Morgan fingerprint density at radius 2 is 1.26 bits per heavy atom. The minimum atomic E-state index is -0.656. The van der Waals surface area contributed by atoms with Gasteiger partial charge < -0.3 is 9.84 Å². The van der Waals surface area contributed by atoms with E-state index in [1.54, 1.807) is 13.2 Å². The van der Waals surface area contributed by atoms with E-state index in [4.69, 9.17) is 37.9 Å². The molecule has 0 spiro atoms. The predicted molar refractivity (Wildman–Crippen MR) is 180 cm³/mol. The van der Waals surface area contributed by atoms with Gasteiger partial charge >= 0.3 is 0 Å². The summed E-state index contributed by atoms with van der Waals surface area (Å²) >= 11 is 12.6. The van der Waals surface area contributed by atoms with Crippen LogP contribution < -0.4 is 4.74 Å². The number of methoxy groups -OCH3 is 1. The summed E-state index contributed by atoms with van der Waals surface area (Å²) in [6, 6.07) is 31.4. The first-order chi connectivity index (χ1) is 20.8. The van der Waals surface area contributed by atoms with Crippen LogP contribution in [-0.4, -0.2) is 22.2 Å². The zero-order valence-corrected chi connectivity index (χ0v) is 25.8. The van der Waals surface area contributed by atoms with Crippen molar-refractivity contribution in [2.75, 3.05) is 7.11 Å². The summed E-state index contributed by atoms with van der Waals surface area (Å²) in [6.07, 6.45) is 1.52. The van der Waals surface area contributed by atoms with Crippen LogP contribution in [0.25, 0.3) is 44.3 Å². The average molecular weight is 608 g/mol. The van der Waals surface area contributed by atoms with Crippen molar-refractivity contribution < 1.29 is 9.84 Å².